The van der Waals surface area contributed by atoms with Gasteiger partial charge in [0.15, 0.2) is 5.13 Å². The van der Waals surface area contributed by atoms with Crippen molar-refractivity contribution in [3.8, 4) is 0 Å². The second-order valence-electron chi connectivity index (χ2n) is 5.91. The molecule has 5 heteroatoms. The lowest BCUT2D eigenvalue weighted by molar-refractivity contribution is 0.183. The van der Waals surface area contributed by atoms with E-state index in [4.69, 9.17) is 9.72 Å². The van der Waals surface area contributed by atoms with E-state index in [9.17, 15) is 0 Å². The molecule has 1 unspecified atom stereocenters. The zero-order valence-corrected chi connectivity index (χ0v) is 14.7. The molecule has 0 aliphatic carbocycles. The van der Waals surface area contributed by atoms with Crippen LogP contribution in [-0.2, 0) is 11.3 Å². The first kappa shape index (κ1) is 17.4. The van der Waals surface area contributed by atoms with Gasteiger partial charge in [-0.25, -0.2) is 4.98 Å². The summed E-state index contributed by atoms with van der Waals surface area (Å²) in [5.41, 5.74) is 1.22. The van der Waals surface area contributed by atoms with Gasteiger partial charge in [-0.15, -0.1) is 11.3 Å². The molecule has 0 amide bonds. The molecule has 0 aliphatic rings. The highest BCUT2D eigenvalue weighted by molar-refractivity contribution is 7.15. The standard InChI is InChI=1S/C15H29N3OS/c1-10(2)14-13(8-16-11(3)4)20-15(17-14)18(6)12(5)9-19-7/h10-12,16H,8-9H2,1-7H3. The number of thiazole rings is 1. The number of aromatic nitrogens is 1. The minimum atomic E-state index is 0.331. The Hall–Kier alpha value is -0.650. The Kier molecular flexibility index (Phi) is 6.92. The lowest BCUT2D eigenvalue weighted by Gasteiger charge is -2.23. The maximum atomic E-state index is 5.23. The molecule has 0 saturated heterocycles. The fourth-order valence-corrected chi connectivity index (χ4v) is 3.15. The normalized spacial score (nSPS) is 13.2. The maximum Gasteiger partial charge on any atom is 0.185 e. The van der Waals surface area contributed by atoms with Crippen molar-refractivity contribution < 1.29 is 4.74 Å². The second kappa shape index (κ2) is 7.96. The number of nitrogens with one attached hydrogen (secondary N) is 1. The summed E-state index contributed by atoms with van der Waals surface area (Å²) >= 11 is 1.79. The van der Waals surface area contributed by atoms with Gasteiger partial charge < -0.3 is 15.0 Å². The van der Waals surface area contributed by atoms with Gasteiger partial charge >= 0.3 is 0 Å². The van der Waals surface area contributed by atoms with Crippen LogP contribution >= 0.6 is 11.3 Å². The van der Waals surface area contributed by atoms with Crippen molar-refractivity contribution in [3.05, 3.63) is 10.6 Å². The van der Waals surface area contributed by atoms with Gasteiger partial charge in [0.05, 0.1) is 18.3 Å². The van der Waals surface area contributed by atoms with Crippen LogP contribution in [0.4, 0.5) is 5.13 Å². The summed E-state index contributed by atoms with van der Waals surface area (Å²) in [6, 6.07) is 0.822. The Morgan fingerprint density at radius 3 is 2.40 bits per heavy atom. The van der Waals surface area contributed by atoms with Crippen LogP contribution < -0.4 is 10.2 Å². The number of anilines is 1. The van der Waals surface area contributed by atoms with Crippen molar-refractivity contribution in [1.29, 1.82) is 0 Å². The van der Waals surface area contributed by atoms with Crippen molar-refractivity contribution in [2.45, 2.75) is 59.2 Å². The lowest BCUT2D eigenvalue weighted by atomic mass is 10.1. The molecule has 1 rings (SSSR count). The molecule has 0 saturated carbocycles. The summed E-state index contributed by atoms with van der Waals surface area (Å²) in [6.45, 7) is 12.5. The van der Waals surface area contributed by atoms with Gasteiger partial charge in [-0.05, 0) is 12.8 Å². The van der Waals surface area contributed by atoms with Crippen molar-refractivity contribution >= 4 is 16.5 Å². The predicted molar refractivity (Wildman–Crippen MR) is 87.9 cm³/mol. The van der Waals surface area contributed by atoms with E-state index in [1.54, 1.807) is 18.4 Å². The number of hydrogen-bond donors (Lipinski definition) is 1. The van der Waals surface area contributed by atoms with Crippen molar-refractivity contribution in [3.63, 3.8) is 0 Å². The molecule has 1 N–H and O–H groups in total. The van der Waals surface area contributed by atoms with Crippen molar-refractivity contribution in [2.75, 3.05) is 25.7 Å². The molecule has 1 atom stereocenters. The van der Waals surface area contributed by atoms with E-state index >= 15 is 0 Å². The Bertz CT molecular complexity index is 404. The third kappa shape index (κ3) is 4.72. The van der Waals surface area contributed by atoms with Gasteiger partial charge in [-0.3, -0.25) is 0 Å². The SMILES string of the molecule is COCC(C)N(C)c1nc(C(C)C)c(CNC(C)C)s1. The molecule has 0 spiro atoms. The first-order valence-corrected chi connectivity index (χ1v) is 8.13. The number of ether oxygens (including phenoxy) is 1. The molecule has 1 aromatic rings. The highest BCUT2D eigenvalue weighted by Crippen LogP contribution is 2.31. The molecule has 0 bridgehead atoms. The lowest BCUT2D eigenvalue weighted by Crippen LogP contribution is -2.32. The van der Waals surface area contributed by atoms with Gasteiger partial charge in [-0.2, -0.15) is 0 Å². The Morgan fingerprint density at radius 2 is 1.90 bits per heavy atom. The van der Waals surface area contributed by atoms with Crippen LogP contribution in [0.3, 0.4) is 0 Å². The highest BCUT2D eigenvalue weighted by atomic mass is 32.1. The molecule has 0 fully saturated rings. The van der Waals surface area contributed by atoms with Crippen LogP contribution in [0.15, 0.2) is 0 Å². The Labute approximate surface area is 127 Å². The average molecular weight is 299 g/mol. The summed E-state index contributed by atoms with van der Waals surface area (Å²) in [6.07, 6.45) is 0. The number of hydrogen-bond acceptors (Lipinski definition) is 5. The van der Waals surface area contributed by atoms with Crippen molar-refractivity contribution in [1.82, 2.24) is 10.3 Å². The van der Waals surface area contributed by atoms with E-state index in [0.717, 1.165) is 11.7 Å². The van der Waals surface area contributed by atoms with Gasteiger partial charge in [0.25, 0.3) is 0 Å². The number of likely N-dealkylation sites (N-methyl/N-ethyl adjacent to an activating group) is 1. The second-order valence-corrected chi connectivity index (χ2v) is 6.97. The number of nitrogens with zero attached hydrogens (tertiary/aromatic N) is 2. The Balaban J connectivity index is 2.90. The van der Waals surface area contributed by atoms with Crippen LogP contribution in [0.2, 0.25) is 0 Å². The van der Waals surface area contributed by atoms with Crippen LogP contribution in [-0.4, -0.2) is 37.8 Å². The van der Waals surface area contributed by atoms with Gasteiger partial charge in [0, 0.05) is 31.6 Å². The van der Waals surface area contributed by atoms with E-state index in [-0.39, 0.29) is 0 Å². The minimum Gasteiger partial charge on any atom is -0.383 e. The Morgan fingerprint density at radius 1 is 1.25 bits per heavy atom. The summed E-state index contributed by atoms with van der Waals surface area (Å²) in [5, 5.41) is 4.57. The van der Waals surface area contributed by atoms with E-state index in [1.807, 2.05) is 0 Å². The molecule has 1 heterocycles. The van der Waals surface area contributed by atoms with Crippen LogP contribution in [0, 0.1) is 0 Å². The predicted octanol–water partition coefficient (Wildman–Crippen LogP) is 3.24. The quantitative estimate of drug-likeness (QED) is 0.799. The van der Waals surface area contributed by atoms with Gasteiger partial charge in [0.1, 0.15) is 0 Å². The fraction of sp³-hybridized carbons (Fsp3) is 0.800. The monoisotopic (exact) mass is 299 g/mol. The van der Waals surface area contributed by atoms with E-state index in [2.05, 4.69) is 51.9 Å². The summed E-state index contributed by atoms with van der Waals surface area (Å²) < 4.78 is 5.23. The first-order valence-electron chi connectivity index (χ1n) is 7.31. The van der Waals surface area contributed by atoms with Gasteiger partial charge in [0.2, 0.25) is 0 Å². The van der Waals surface area contributed by atoms with E-state index in [1.165, 1.54) is 10.6 Å². The minimum absolute atomic E-state index is 0.331. The number of methoxy groups -OCH3 is 1. The molecule has 0 aliphatic heterocycles. The molecule has 20 heavy (non-hydrogen) atoms. The van der Waals surface area contributed by atoms with Gasteiger partial charge in [-0.1, -0.05) is 27.7 Å². The van der Waals surface area contributed by atoms with E-state index in [0.29, 0.717) is 24.6 Å². The smallest absolute Gasteiger partial charge is 0.185 e. The molecule has 0 radical (unpaired) electrons. The highest BCUT2D eigenvalue weighted by Gasteiger charge is 2.19. The molecular weight excluding hydrogens is 270 g/mol. The maximum absolute atomic E-state index is 5.23. The fourth-order valence-electron chi connectivity index (χ4n) is 1.92. The topological polar surface area (TPSA) is 37.4 Å². The van der Waals surface area contributed by atoms with Crippen LogP contribution in [0.5, 0.6) is 0 Å². The van der Waals surface area contributed by atoms with Crippen LogP contribution in [0.25, 0.3) is 0 Å². The first-order chi connectivity index (χ1) is 9.36. The zero-order valence-electron chi connectivity index (χ0n) is 13.9. The number of rotatable bonds is 8. The molecule has 116 valence electrons. The summed E-state index contributed by atoms with van der Waals surface area (Å²) in [4.78, 5) is 8.39. The van der Waals surface area contributed by atoms with E-state index < -0.39 is 0 Å². The molecular formula is C15H29N3OS. The average Bonchev–Trinajstić information content (AvgIpc) is 2.79. The molecule has 1 aromatic heterocycles. The zero-order chi connectivity index (χ0) is 15.3. The summed E-state index contributed by atoms with van der Waals surface area (Å²) in [5.74, 6) is 0.454. The van der Waals surface area contributed by atoms with Crippen molar-refractivity contribution in [2.24, 2.45) is 0 Å². The molecule has 4 nitrogen and oxygen atoms in total. The summed E-state index contributed by atoms with van der Waals surface area (Å²) in [7, 11) is 3.83. The van der Waals surface area contributed by atoms with Crippen LogP contribution in [0.1, 0.15) is 51.1 Å². The molecule has 0 aromatic carbocycles. The third-order valence-electron chi connectivity index (χ3n) is 3.30. The third-order valence-corrected chi connectivity index (χ3v) is 4.47. The largest absolute Gasteiger partial charge is 0.383 e.